The molecule has 1 fully saturated rings. The Bertz CT molecular complexity index is 168. The third kappa shape index (κ3) is 0.650. The predicted octanol–water partition coefficient (Wildman–Crippen LogP) is 0.919. The molecule has 2 heteroatoms. The van der Waals surface area contributed by atoms with Crippen LogP contribution in [0.4, 0.5) is 0 Å². The van der Waals surface area contributed by atoms with E-state index in [-0.39, 0.29) is 12.0 Å². The Morgan fingerprint density at radius 3 is 2.11 bits per heavy atom. The van der Waals surface area contributed by atoms with E-state index in [9.17, 15) is 0 Å². The molecule has 0 saturated heterocycles. The standard InChI is InChI=1S/C7H11NO/c1-6(2)3-7(6,4-8)5-9/h9H,3,5H2,1-2H3/t7-/m1/s1. The molecule has 50 valence electrons. The second-order valence-corrected chi connectivity index (χ2v) is 3.41. The van der Waals surface area contributed by atoms with Gasteiger partial charge in [0.05, 0.1) is 18.1 Å². The van der Waals surface area contributed by atoms with Gasteiger partial charge in [-0.25, -0.2) is 0 Å². The quantitative estimate of drug-likeness (QED) is 0.566. The van der Waals surface area contributed by atoms with Crippen LogP contribution in [0, 0.1) is 22.2 Å². The molecule has 0 amide bonds. The molecule has 0 heterocycles. The molecule has 9 heavy (non-hydrogen) atoms. The SMILES string of the molecule is CC1(C)C[C@@]1(C#N)CO. The van der Waals surface area contributed by atoms with Crippen LogP contribution >= 0.6 is 0 Å². The highest BCUT2D eigenvalue weighted by atomic mass is 16.3. The maximum Gasteiger partial charge on any atom is 0.0860 e. The van der Waals surface area contributed by atoms with Crippen molar-refractivity contribution in [2.45, 2.75) is 20.3 Å². The van der Waals surface area contributed by atoms with Crippen molar-refractivity contribution in [3.8, 4) is 6.07 Å². The van der Waals surface area contributed by atoms with Crippen molar-refractivity contribution in [3.63, 3.8) is 0 Å². The fraction of sp³-hybridized carbons (Fsp3) is 0.857. The highest BCUT2D eigenvalue weighted by molar-refractivity contribution is 5.21. The molecule has 1 rings (SSSR count). The molecule has 1 N–H and O–H groups in total. The fourth-order valence-electron chi connectivity index (χ4n) is 1.21. The van der Waals surface area contributed by atoms with Crippen LogP contribution in [0.15, 0.2) is 0 Å². The molecule has 1 aliphatic carbocycles. The zero-order valence-electron chi connectivity index (χ0n) is 5.81. The van der Waals surface area contributed by atoms with Crippen molar-refractivity contribution in [2.75, 3.05) is 6.61 Å². The lowest BCUT2D eigenvalue weighted by Gasteiger charge is -2.05. The monoisotopic (exact) mass is 125 g/mol. The van der Waals surface area contributed by atoms with Crippen LogP contribution in [0.1, 0.15) is 20.3 Å². The molecule has 0 bridgehead atoms. The topological polar surface area (TPSA) is 44.0 Å². The zero-order chi connectivity index (χ0) is 7.12. The third-order valence-corrected chi connectivity index (χ3v) is 2.40. The van der Waals surface area contributed by atoms with Gasteiger partial charge in [0, 0.05) is 0 Å². The molecule has 0 aromatic rings. The Labute approximate surface area is 55.1 Å². The summed E-state index contributed by atoms with van der Waals surface area (Å²) in [6.45, 7) is 4.02. The number of hydrogen-bond acceptors (Lipinski definition) is 2. The van der Waals surface area contributed by atoms with E-state index in [1.807, 2.05) is 13.8 Å². The minimum absolute atomic E-state index is 0.0104. The molecular formula is C7H11NO. The van der Waals surface area contributed by atoms with Gasteiger partial charge in [0.1, 0.15) is 0 Å². The molecular weight excluding hydrogens is 114 g/mol. The van der Waals surface area contributed by atoms with Crippen LogP contribution in [-0.4, -0.2) is 11.7 Å². The molecule has 0 radical (unpaired) electrons. The van der Waals surface area contributed by atoms with Crippen LogP contribution in [-0.2, 0) is 0 Å². The average molecular weight is 125 g/mol. The molecule has 1 atom stereocenters. The number of nitrogens with zero attached hydrogens (tertiary/aromatic N) is 1. The summed E-state index contributed by atoms with van der Waals surface area (Å²) in [5, 5.41) is 17.4. The maximum absolute atomic E-state index is 8.77. The van der Waals surface area contributed by atoms with Gasteiger partial charge in [0.15, 0.2) is 0 Å². The molecule has 0 unspecified atom stereocenters. The zero-order valence-corrected chi connectivity index (χ0v) is 5.81. The van der Waals surface area contributed by atoms with Crippen LogP contribution in [0.5, 0.6) is 0 Å². The van der Waals surface area contributed by atoms with Crippen molar-refractivity contribution >= 4 is 0 Å². The summed E-state index contributed by atoms with van der Waals surface area (Å²) in [4.78, 5) is 0. The van der Waals surface area contributed by atoms with Gasteiger partial charge in [0.25, 0.3) is 0 Å². The lowest BCUT2D eigenvalue weighted by molar-refractivity contribution is 0.220. The largest absolute Gasteiger partial charge is 0.395 e. The molecule has 0 aromatic heterocycles. The van der Waals surface area contributed by atoms with Crippen LogP contribution in [0.25, 0.3) is 0 Å². The first kappa shape index (κ1) is 6.57. The molecule has 1 aliphatic rings. The molecule has 1 saturated carbocycles. The number of aliphatic hydroxyl groups is 1. The Kier molecular flexibility index (Phi) is 1.08. The van der Waals surface area contributed by atoms with E-state index in [0.29, 0.717) is 0 Å². The Hall–Kier alpha value is -0.550. The first-order valence-corrected chi connectivity index (χ1v) is 3.10. The van der Waals surface area contributed by atoms with E-state index in [4.69, 9.17) is 10.4 Å². The van der Waals surface area contributed by atoms with Gasteiger partial charge >= 0.3 is 0 Å². The van der Waals surface area contributed by atoms with Gasteiger partial charge in [-0.05, 0) is 11.8 Å². The minimum atomic E-state index is -0.410. The fourth-order valence-corrected chi connectivity index (χ4v) is 1.21. The van der Waals surface area contributed by atoms with E-state index in [2.05, 4.69) is 6.07 Å². The number of hydrogen-bond donors (Lipinski definition) is 1. The van der Waals surface area contributed by atoms with E-state index in [1.54, 1.807) is 0 Å². The van der Waals surface area contributed by atoms with Crippen molar-refractivity contribution in [3.05, 3.63) is 0 Å². The second kappa shape index (κ2) is 1.48. The number of rotatable bonds is 1. The van der Waals surface area contributed by atoms with Crippen molar-refractivity contribution in [1.29, 1.82) is 5.26 Å². The van der Waals surface area contributed by atoms with E-state index < -0.39 is 5.41 Å². The Morgan fingerprint density at radius 1 is 1.67 bits per heavy atom. The highest BCUT2D eigenvalue weighted by Crippen LogP contribution is 2.62. The van der Waals surface area contributed by atoms with E-state index in [0.717, 1.165) is 6.42 Å². The Balaban J connectivity index is 2.72. The molecule has 2 nitrogen and oxygen atoms in total. The average Bonchev–Trinajstić information content (AvgIpc) is 2.35. The second-order valence-electron chi connectivity index (χ2n) is 3.41. The highest BCUT2D eigenvalue weighted by Gasteiger charge is 2.61. The van der Waals surface area contributed by atoms with Gasteiger partial charge in [-0.3, -0.25) is 0 Å². The van der Waals surface area contributed by atoms with Gasteiger partial charge in [0.2, 0.25) is 0 Å². The molecule has 0 aliphatic heterocycles. The van der Waals surface area contributed by atoms with E-state index in [1.165, 1.54) is 0 Å². The maximum atomic E-state index is 8.77. The van der Waals surface area contributed by atoms with Gasteiger partial charge in [-0.15, -0.1) is 0 Å². The molecule has 0 aromatic carbocycles. The summed E-state index contributed by atoms with van der Waals surface area (Å²) in [6.07, 6.45) is 0.840. The van der Waals surface area contributed by atoms with E-state index >= 15 is 0 Å². The van der Waals surface area contributed by atoms with Crippen LogP contribution < -0.4 is 0 Å². The van der Waals surface area contributed by atoms with Gasteiger partial charge < -0.3 is 5.11 Å². The smallest absolute Gasteiger partial charge is 0.0860 e. The van der Waals surface area contributed by atoms with Crippen molar-refractivity contribution in [2.24, 2.45) is 10.8 Å². The lowest BCUT2D eigenvalue weighted by atomic mass is 9.99. The number of nitriles is 1. The summed E-state index contributed by atoms with van der Waals surface area (Å²) in [6, 6.07) is 2.14. The van der Waals surface area contributed by atoms with Crippen molar-refractivity contribution < 1.29 is 5.11 Å². The number of aliphatic hydroxyl groups excluding tert-OH is 1. The first-order chi connectivity index (χ1) is 4.08. The van der Waals surface area contributed by atoms with Crippen molar-refractivity contribution in [1.82, 2.24) is 0 Å². The lowest BCUT2D eigenvalue weighted by Crippen LogP contribution is -2.10. The minimum Gasteiger partial charge on any atom is -0.395 e. The van der Waals surface area contributed by atoms with Gasteiger partial charge in [-0.2, -0.15) is 5.26 Å². The Morgan fingerprint density at radius 2 is 2.11 bits per heavy atom. The summed E-state index contributed by atoms with van der Waals surface area (Å²) in [7, 11) is 0. The van der Waals surface area contributed by atoms with Gasteiger partial charge in [-0.1, -0.05) is 13.8 Å². The van der Waals surface area contributed by atoms with Crippen LogP contribution in [0.3, 0.4) is 0 Å². The summed E-state index contributed by atoms with van der Waals surface area (Å²) < 4.78 is 0. The summed E-state index contributed by atoms with van der Waals surface area (Å²) >= 11 is 0. The summed E-state index contributed by atoms with van der Waals surface area (Å²) in [5.41, 5.74) is -0.358. The van der Waals surface area contributed by atoms with Crippen LogP contribution in [0.2, 0.25) is 0 Å². The predicted molar refractivity (Wildman–Crippen MR) is 33.5 cm³/mol. The normalized spacial score (nSPS) is 37.6. The first-order valence-electron chi connectivity index (χ1n) is 3.10. The summed E-state index contributed by atoms with van der Waals surface area (Å²) in [5.74, 6) is 0. The molecule has 0 spiro atoms. The third-order valence-electron chi connectivity index (χ3n) is 2.40.